The number of hydrogen-bond donors (Lipinski definition) is 2. The predicted octanol–water partition coefficient (Wildman–Crippen LogP) is -0.0729. The van der Waals surface area contributed by atoms with Gasteiger partial charge in [-0.25, -0.2) is 4.79 Å². The molecule has 0 aliphatic carbocycles. The lowest BCUT2D eigenvalue weighted by molar-refractivity contribution is -0.156. The monoisotopic (exact) mass is 233 g/mol. The molecule has 0 amide bonds. The van der Waals surface area contributed by atoms with Crippen LogP contribution in [0.2, 0.25) is 0 Å². The molecule has 0 aliphatic rings. The largest absolute Gasteiger partial charge is 0.467 e. The number of aliphatic hydroxyl groups excluding tert-OH is 2. The highest BCUT2D eigenvalue weighted by molar-refractivity contribution is 5.75. The maximum absolute atomic E-state index is 12.7. The van der Waals surface area contributed by atoms with E-state index < -0.39 is 30.1 Å². The number of nitrogens with zero attached hydrogens (tertiary/aromatic N) is 1. The van der Waals surface area contributed by atoms with Crippen LogP contribution < -0.4 is 0 Å². The second kappa shape index (κ2) is 4.95. The summed E-state index contributed by atoms with van der Waals surface area (Å²) in [7, 11) is 1.01. The van der Waals surface area contributed by atoms with Gasteiger partial charge in [0.25, 0.3) is 0 Å². The van der Waals surface area contributed by atoms with Gasteiger partial charge >= 0.3 is 5.97 Å². The summed E-state index contributed by atoms with van der Waals surface area (Å²) in [4.78, 5) is 13.7. The Labute approximate surface area is 89.3 Å². The molecule has 5 nitrogen and oxygen atoms in total. The fraction of sp³-hybridized carbons (Fsp3) is 0.333. The topological polar surface area (TPSA) is 79.7 Å². The van der Waals surface area contributed by atoms with Crippen molar-refractivity contribution in [3.8, 4) is 0 Å². The lowest BCUT2D eigenvalue weighted by Gasteiger charge is -2.15. The zero-order chi connectivity index (χ0) is 12.3. The van der Waals surface area contributed by atoms with Crippen LogP contribution in [-0.4, -0.2) is 34.4 Å². The van der Waals surface area contributed by atoms with Crippen LogP contribution in [0, 0.1) is 11.9 Å². The molecule has 0 fully saturated rings. The van der Waals surface area contributed by atoms with E-state index in [9.17, 15) is 23.8 Å². The average Bonchev–Trinajstić information content (AvgIpc) is 2.24. The van der Waals surface area contributed by atoms with Crippen molar-refractivity contribution in [1.82, 2.24) is 4.98 Å². The summed E-state index contributed by atoms with van der Waals surface area (Å²) in [5, 5.41) is 18.7. The van der Waals surface area contributed by atoms with Crippen LogP contribution in [0.4, 0.5) is 8.78 Å². The molecule has 0 radical (unpaired) electrons. The lowest BCUT2D eigenvalue weighted by Crippen LogP contribution is -2.29. The van der Waals surface area contributed by atoms with Crippen molar-refractivity contribution >= 4 is 5.97 Å². The smallest absolute Gasteiger partial charge is 0.337 e. The number of pyridine rings is 1. The molecule has 1 aromatic rings. The van der Waals surface area contributed by atoms with Crippen LogP contribution in [0.15, 0.2) is 12.1 Å². The minimum absolute atomic E-state index is 0.303. The van der Waals surface area contributed by atoms with E-state index in [4.69, 9.17) is 0 Å². The van der Waals surface area contributed by atoms with Crippen LogP contribution in [0.25, 0.3) is 0 Å². The Morgan fingerprint density at radius 2 is 1.88 bits per heavy atom. The Bertz CT molecular complexity index is 379. The van der Waals surface area contributed by atoms with Crippen LogP contribution in [0.1, 0.15) is 11.7 Å². The average molecular weight is 233 g/mol. The Morgan fingerprint density at radius 3 is 2.31 bits per heavy atom. The zero-order valence-corrected chi connectivity index (χ0v) is 8.22. The van der Waals surface area contributed by atoms with Crippen LogP contribution in [0.5, 0.6) is 0 Å². The van der Waals surface area contributed by atoms with E-state index in [0.29, 0.717) is 12.1 Å². The summed E-state index contributed by atoms with van der Waals surface area (Å²) in [6, 6.07) is 1.42. The molecule has 0 aliphatic heterocycles. The van der Waals surface area contributed by atoms with Gasteiger partial charge in [-0.3, -0.25) is 0 Å². The van der Waals surface area contributed by atoms with Crippen molar-refractivity contribution in [3.63, 3.8) is 0 Å². The van der Waals surface area contributed by atoms with Gasteiger partial charge in [-0.15, -0.1) is 0 Å². The zero-order valence-electron chi connectivity index (χ0n) is 8.22. The molecule has 1 heterocycles. The van der Waals surface area contributed by atoms with Gasteiger partial charge < -0.3 is 14.9 Å². The van der Waals surface area contributed by atoms with Crippen LogP contribution in [0.3, 0.4) is 0 Å². The highest BCUT2D eigenvalue weighted by Crippen LogP contribution is 2.18. The number of esters is 1. The molecule has 1 rings (SSSR count). The third-order valence-electron chi connectivity index (χ3n) is 1.87. The highest BCUT2D eigenvalue weighted by atomic mass is 19.1. The first kappa shape index (κ1) is 12.5. The van der Waals surface area contributed by atoms with Gasteiger partial charge in [0.1, 0.15) is 6.10 Å². The Kier molecular flexibility index (Phi) is 3.86. The first-order valence-corrected chi connectivity index (χ1v) is 4.22. The maximum atomic E-state index is 12.7. The number of aliphatic hydroxyl groups is 2. The van der Waals surface area contributed by atoms with Gasteiger partial charge in [-0.05, 0) is 17.7 Å². The number of aromatic nitrogens is 1. The van der Waals surface area contributed by atoms with Gasteiger partial charge in [0.05, 0.1) is 7.11 Å². The summed E-state index contributed by atoms with van der Waals surface area (Å²) in [6.45, 7) is 0. The summed E-state index contributed by atoms with van der Waals surface area (Å²) in [5.74, 6) is -3.43. The number of methoxy groups -OCH3 is 1. The van der Waals surface area contributed by atoms with E-state index in [2.05, 4.69) is 9.72 Å². The Morgan fingerprint density at radius 1 is 1.38 bits per heavy atom. The third-order valence-corrected chi connectivity index (χ3v) is 1.87. The minimum atomic E-state index is -1.91. The van der Waals surface area contributed by atoms with Crippen molar-refractivity contribution in [2.75, 3.05) is 7.11 Å². The molecule has 2 atom stereocenters. The second-order valence-electron chi connectivity index (χ2n) is 2.96. The molecular formula is C9H9F2NO4. The lowest BCUT2D eigenvalue weighted by atomic mass is 10.1. The predicted molar refractivity (Wildman–Crippen MR) is 47.1 cm³/mol. The van der Waals surface area contributed by atoms with E-state index >= 15 is 0 Å². The number of ether oxygens (including phenoxy) is 1. The van der Waals surface area contributed by atoms with Crippen molar-refractivity contribution in [3.05, 3.63) is 29.6 Å². The molecule has 0 spiro atoms. The SMILES string of the molecule is COC(=O)C(O)C(O)c1cc(F)nc(F)c1. The number of rotatable bonds is 3. The second-order valence-corrected chi connectivity index (χ2v) is 2.96. The van der Waals surface area contributed by atoms with Gasteiger partial charge in [-0.1, -0.05) is 0 Å². The number of halogens is 2. The molecule has 0 saturated heterocycles. The molecular weight excluding hydrogens is 224 g/mol. The van der Waals surface area contributed by atoms with E-state index in [1.807, 2.05) is 0 Å². The Balaban J connectivity index is 2.95. The van der Waals surface area contributed by atoms with Crippen molar-refractivity contribution < 1.29 is 28.5 Å². The van der Waals surface area contributed by atoms with Crippen molar-refractivity contribution in [2.45, 2.75) is 12.2 Å². The summed E-state index contributed by atoms with van der Waals surface area (Å²) in [6.07, 6.45) is -3.69. The third kappa shape index (κ3) is 2.71. The summed E-state index contributed by atoms with van der Waals surface area (Å²) < 4.78 is 29.5. The number of carbonyl (C=O) groups is 1. The van der Waals surface area contributed by atoms with Crippen LogP contribution >= 0.6 is 0 Å². The molecule has 88 valence electrons. The van der Waals surface area contributed by atoms with E-state index in [1.54, 1.807) is 0 Å². The number of carbonyl (C=O) groups excluding carboxylic acids is 1. The molecule has 0 saturated carbocycles. The van der Waals surface area contributed by atoms with Gasteiger partial charge in [-0.2, -0.15) is 13.8 Å². The number of hydrogen-bond acceptors (Lipinski definition) is 5. The van der Waals surface area contributed by atoms with E-state index in [1.165, 1.54) is 0 Å². The first-order valence-electron chi connectivity index (χ1n) is 4.22. The molecule has 0 aromatic carbocycles. The quantitative estimate of drug-likeness (QED) is 0.564. The first-order chi connectivity index (χ1) is 7.45. The molecule has 2 N–H and O–H groups in total. The van der Waals surface area contributed by atoms with E-state index in [-0.39, 0.29) is 5.56 Å². The minimum Gasteiger partial charge on any atom is -0.467 e. The fourth-order valence-corrected chi connectivity index (χ4v) is 1.09. The fourth-order valence-electron chi connectivity index (χ4n) is 1.09. The van der Waals surface area contributed by atoms with Crippen molar-refractivity contribution in [1.29, 1.82) is 0 Å². The normalized spacial score (nSPS) is 14.3. The molecule has 7 heteroatoms. The van der Waals surface area contributed by atoms with Crippen LogP contribution in [-0.2, 0) is 9.53 Å². The molecule has 1 aromatic heterocycles. The maximum Gasteiger partial charge on any atom is 0.337 e. The van der Waals surface area contributed by atoms with E-state index in [0.717, 1.165) is 7.11 Å². The molecule has 0 bridgehead atoms. The van der Waals surface area contributed by atoms with Gasteiger partial charge in [0, 0.05) is 0 Å². The summed E-state index contributed by atoms with van der Waals surface area (Å²) >= 11 is 0. The van der Waals surface area contributed by atoms with Gasteiger partial charge in [0.2, 0.25) is 11.9 Å². The highest BCUT2D eigenvalue weighted by Gasteiger charge is 2.27. The molecule has 2 unspecified atom stereocenters. The van der Waals surface area contributed by atoms with Crippen molar-refractivity contribution in [2.24, 2.45) is 0 Å². The van der Waals surface area contributed by atoms with Gasteiger partial charge in [0.15, 0.2) is 6.10 Å². The Hall–Kier alpha value is -1.60. The summed E-state index contributed by atoms with van der Waals surface area (Å²) in [5.41, 5.74) is -0.303. The molecule has 16 heavy (non-hydrogen) atoms. The standard InChI is InChI=1S/C9H9F2NO4/c1-16-9(15)8(14)7(13)4-2-5(10)12-6(11)3-4/h2-3,7-8,13-14H,1H3.